The average molecular weight is 279 g/mol. The molecule has 19 heavy (non-hydrogen) atoms. The van der Waals surface area contributed by atoms with E-state index in [1.54, 1.807) is 19.1 Å². The zero-order valence-corrected chi connectivity index (χ0v) is 11.2. The number of hydrogen-bond acceptors (Lipinski definition) is 5. The normalized spacial score (nSPS) is 27.9. The van der Waals surface area contributed by atoms with Crippen LogP contribution in [0.2, 0.25) is 0 Å². The van der Waals surface area contributed by atoms with Crippen molar-refractivity contribution in [3.8, 4) is 17.6 Å². The van der Waals surface area contributed by atoms with Gasteiger partial charge in [-0.3, -0.25) is 0 Å². The largest absolute Gasteiger partial charge is 0.454 e. The van der Waals surface area contributed by atoms with E-state index in [0.29, 0.717) is 11.5 Å². The monoisotopic (exact) mass is 279 g/mol. The minimum absolute atomic E-state index is 0.0664. The predicted octanol–water partition coefficient (Wildman–Crippen LogP) is 1.46. The second-order valence-electron chi connectivity index (χ2n) is 4.71. The van der Waals surface area contributed by atoms with Gasteiger partial charge in [-0.2, -0.15) is 5.26 Å². The summed E-state index contributed by atoms with van der Waals surface area (Å²) >= 11 is 0. The zero-order chi connectivity index (χ0) is 13.6. The number of nitriles is 1. The topological polar surface area (TPSA) is 76.4 Å². The summed E-state index contributed by atoms with van der Waals surface area (Å²) in [5.41, 5.74) is 0.831. The number of fused-ring (bicyclic) bond motifs is 1. The zero-order valence-electron chi connectivity index (χ0n) is 10.4. The fraction of sp³-hybridized carbons (Fsp3) is 0.462. The molecule has 1 fully saturated rings. The van der Waals surface area contributed by atoms with E-state index in [2.05, 4.69) is 6.07 Å². The summed E-state index contributed by atoms with van der Waals surface area (Å²) in [5, 5.41) is 8.51. The van der Waals surface area contributed by atoms with Crippen molar-refractivity contribution >= 4 is 9.84 Å². The Bertz CT molecular complexity index is 662. The highest BCUT2D eigenvalue weighted by molar-refractivity contribution is 7.92. The molecule has 2 aliphatic rings. The molecule has 0 radical (unpaired) electrons. The highest BCUT2D eigenvalue weighted by Gasteiger charge is 2.58. The Kier molecular flexibility index (Phi) is 2.68. The molecule has 0 unspecified atom stereocenters. The number of ether oxygens (including phenoxy) is 2. The molecule has 1 aliphatic heterocycles. The Morgan fingerprint density at radius 2 is 2.11 bits per heavy atom. The third-order valence-electron chi connectivity index (χ3n) is 3.70. The summed E-state index contributed by atoms with van der Waals surface area (Å²) in [5.74, 6) is 0.646. The van der Waals surface area contributed by atoms with Crippen molar-refractivity contribution < 1.29 is 17.9 Å². The van der Waals surface area contributed by atoms with Gasteiger partial charge >= 0.3 is 0 Å². The van der Waals surface area contributed by atoms with Crippen LogP contribution in [-0.4, -0.2) is 26.2 Å². The number of sulfone groups is 1. The van der Waals surface area contributed by atoms with E-state index < -0.39 is 21.0 Å². The van der Waals surface area contributed by atoms with Gasteiger partial charge in [-0.25, -0.2) is 8.42 Å². The van der Waals surface area contributed by atoms with Crippen molar-refractivity contribution in [1.29, 1.82) is 5.26 Å². The summed E-state index contributed by atoms with van der Waals surface area (Å²) < 4.78 is 34.4. The van der Waals surface area contributed by atoms with E-state index >= 15 is 0 Å². The predicted molar refractivity (Wildman–Crippen MR) is 67.7 cm³/mol. The SMILES string of the molecule is CCS(=O)(=O)[C@@H]1[C@@H](C#N)[C@H]1c1ccc2c(c1)OCO2. The smallest absolute Gasteiger partial charge is 0.231 e. The second kappa shape index (κ2) is 4.14. The Labute approximate surface area is 111 Å². The fourth-order valence-corrected chi connectivity index (χ4v) is 4.34. The molecular weight excluding hydrogens is 266 g/mol. The molecule has 0 amide bonds. The third-order valence-corrected chi connectivity index (χ3v) is 5.92. The molecule has 0 aromatic heterocycles. The lowest BCUT2D eigenvalue weighted by molar-refractivity contribution is 0.174. The summed E-state index contributed by atoms with van der Waals surface area (Å²) in [6, 6.07) is 7.45. The number of rotatable bonds is 3. The van der Waals surface area contributed by atoms with Gasteiger partial charge in [0.25, 0.3) is 0 Å². The molecule has 0 saturated heterocycles. The molecule has 0 spiro atoms. The van der Waals surface area contributed by atoms with Crippen molar-refractivity contribution in [3.05, 3.63) is 23.8 Å². The van der Waals surface area contributed by atoms with Gasteiger partial charge in [0.05, 0.1) is 17.2 Å². The summed E-state index contributed by atoms with van der Waals surface area (Å²) in [4.78, 5) is 0. The molecule has 3 rings (SSSR count). The van der Waals surface area contributed by atoms with Crippen LogP contribution in [0.15, 0.2) is 18.2 Å². The first-order valence-corrected chi connectivity index (χ1v) is 7.80. The average Bonchev–Trinajstić information content (AvgIpc) is 2.99. The molecule has 1 saturated carbocycles. The van der Waals surface area contributed by atoms with Gasteiger partial charge in [-0.15, -0.1) is 0 Å². The minimum Gasteiger partial charge on any atom is -0.454 e. The molecule has 3 atom stereocenters. The first kappa shape index (κ1) is 12.3. The van der Waals surface area contributed by atoms with Crippen molar-refractivity contribution in [2.75, 3.05) is 12.5 Å². The molecular formula is C13H13NO4S. The summed E-state index contributed by atoms with van der Waals surface area (Å²) in [6.07, 6.45) is 0. The third kappa shape index (κ3) is 1.85. The van der Waals surface area contributed by atoms with Crippen molar-refractivity contribution in [3.63, 3.8) is 0 Å². The maximum atomic E-state index is 11.9. The maximum Gasteiger partial charge on any atom is 0.231 e. The van der Waals surface area contributed by atoms with E-state index in [4.69, 9.17) is 14.7 Å². The van der Waals surface area contributed by atoms with Crippen LogP contribution in [0, 0.1) is 17.2 Å². The standard InChI is InChI=1S/C13H13NO4S/c1-2-19(15,16)13-9(6-14)12(13)8-3-4-10-11(5-8)18-7-17-10/h3-5,9,12-13H,2,7H2,1H3/t9-,12+,13+/m0/s1. The van der Waals surface area contributed by atoms with E-state index in [9.17, 15) is 8.42 Å². The first-order valence-electron chi connectivity index (χ1n) is 6.09. The van der Waals surface area contributed by atoms with Crippen LogP contribution in [-0.2, 0) is 9.84 Å². The molecule has 0 bridgehead atoms. The molecule has 1 heterocycles. The fourth-order valence-electron chi connectivity index (χ4n) is 2.59. The van der Waals surface area contributed by atoms with Crippen molar-refractivity contribution in [2.24, 2.45) is 5.92 Å². The van der Waals surface area contributed by atoms with Crippen molar-refractivity contribution in [1.82, 2.24) is 0 Å². The highest BCUT2D eigenvalue weighted by atomic mass is 32.2. The Balaban J connectivity index is 1.94. The quantitative estimate of drug-likeness (QED) is 0.837. The summed E-state index contributed by atoms with van der Waals surface area (Å²) in [6.45, 7) is 1.79. The van der Waals surface area contributed by atoms with E-state index in [1.165, 1.54) is 0 Å². The van der Waals surface area contributed by atoms with Crippen LogP contribution in [0.3, 0.4) is 0 Å². The molecule has 100 valence electrons. The lowest BCUT2D eigenvalue weighted by Crippen LogP contribution is -2.12. The van der Waals surface area contributed by atoms with Crippen LogP contribution in [0.4, 0.5) is 0 Å². The second-order valence-corrected chi connectivity index (χ2v) is 7.16. The Morgan fingerprint density at radius 1 is 1.37 bits per heavy atom. The van der Waals surface area contributed by atoms with Crippen LogP contribution in [0.5, 0.6) is 11.5 Å². The van der Waals surface area contributed by atoms with Gasteiger partial charge in [0.1, 0.15) is 0 Å². The van der Waals surface area contributed by atoms with E-state index in [0.717, 1.165) is 5.56 Å². The van der Waals surface area contributed by atoms with Crippen LogP contribution in [0.25, 0.3) is 0 Å². The van der Waals surface area contributed by atoms with E-state index in [1.807, 2.05) is 6.07 Å². The number of benzene rings is 1. The molecule has 1 aromatic carbocycles. The molecule has 5 nitrogen and oxygen atoms in total. The highest BCUT2D eigenvalue weighted by Crippen LogP contribution is 2.53. The lowest BCUT2D eigenvalue weighted by Gasteiger charge is -2.02. The van der Waals surface area contributed by atoms with Crippen LogP contribution >= 0.6 is 0 Å². The van der Waals surface area contributed by atoms with Gasteiger partial charge in [0, 0.05) is 11.7 Å². The van der Waals surface area contributed by atoms with Crippen LogP contribution in [0.1, 0.15) is 18.4 Å². The number of hydrogen-bond donors (Lipinski definition) is 0. The van der Waals surface area contributed by atoms with Gasteiger partial charge in [-0.05, 0) is 17.7 Å². The van der Waals surface area contributed by atoms with E-state index in [-0.39, 0.29) is 18.5 Å². The molecule has 0 N–H and O–H groups in total. The van der Waals surface area contributed by atoms with Gasteiger partial charge in [-0.1, -0.05) is 13.0 Å². The van der Waals surface area contributed by atoms with Gasteiger partial charge in [0.15, 0.2) is 21.3 Å². The molecule has 6 heteroatoms. The summed E-state index contributed by atoms with van der Waals surface area (Å²) in [7, 11) is -3.19. The Morgan fingerprint density at radius 3 is 2.79 bits per heavy atom. The first-order chi connectivity index (χ1) is 9.08. The van der Waals surface area contributed by atoms with Gasteiger partial charge < -0.3 is 9.47 Å². The van der Waals surface area contributed by atoms with Crippen LogP contribution < -0.4 is 9.47 Å². The minimum atomic E-state index is -3.19. The lowest BCUT2D eigenvalue weighted by atomic mass is 10.1. The van der Waals surface area contributed by atoms with Crippen molar-refractivity contribution in [2.45, 2.75) is 18.1 Å². The molecule has 1 aromatic rings. The number of nitrogens with zero attached hydrogens (tertiary/aromatic N) is 1. The van der Waals surface area contributed by atoms with Gasteiger partial charge in [0.2, 0.25) is 6.79 Å². The Hall–Kier alpha value is -1.74. The molecule has 1 aliphatic carbocycles. The maximum absolute atomic E-state index is 11.9.